The highest BCUT2D eigenvalue weighted by Crippen LogP contribution is 2.13. The lowest BCUT2D eigenvalue weighted by Crippen LogP contribution is -2.12. The molecule has 0 atom stereocenters. The summed E-state index contributed by atoms with van der Waals surface area (Å²) in [5.74, 6) is 0.319. The second kappa shape index (κ2) is 4.56. The molecular weight excluding hydrogens is 222 g/mol. The molecule has 2 heterocycles. The van der Waals surface area contributed by atoms with Gasteiger partial charge in [-0.3, -0.25) is 10.1 Å². The Morgan fingerprint density at radius 3 is 2.76 bits per heavy atom. The van der Waals surface area contributed by atoms with Gasteiger partial charge >= 0.3 is 6.09 Å². The molecule has 1 amide bonds. The first kappa shape index (κ1) is 11.0. The molecule has 2 aromatic rings. The van der Waals surface area contributed by atoms with Gasteiger partial charge in [0.25, 0.3) is 0 Å². The van der Waals surface area contributed by atoms with Crippen LogP contribution in [-0.4, -0.2) is 29.5 Å². The Hall–Kier alpha value is -2.50. The van der Waals surface area contributed by atoms with Crippen molar-refractivity contribution >= 4 is 29.2 Å². The fourth-order valence-corrected chi connectivity index (χ4v) is 1.30. The molecule has 0 aromatic carbocycles. The maximum absolute atomic E-state index is 11.0. The molecule has 0 unspecified atom stereocenters. The summed E-state index contributed by atoms with van der Waals surface area (Å²) in [4.78, 5) is 29.7. The smallest absolute Gasteiger partial charge is 0.412 e. The number of amides is 1. The third-order valence-electron chi connectivity index (χ3n) is 2.11. The van der Waals surface area contributed by atoms with E-state index in [1.54, 1.807) is 24.3 Å². The van der Waals surface area contributed by atoms with E-state index in [2.05, 4.69) is 20.0 Å². The van der Waals surface area contributed by atoms with Gasteiger partial charge in [-0.2, -0.15) is 0 Å². The maximum Gasteiger partial charge on any atom is 0.412 e. The first-order valence-electron chi connectivity index (χ1n) is 4.81. The Balaban J connectivity index is 2.40. The lowest BCUT2D eigenvalue weighted by atomic mass is 10.2. The molecule has 86 valence electrons. The number of hydrogen-bond donors (Lipinski definition) is 1. The van der Waals surface area contributed by atoms with E-state index < -0.39 is 6.09 Å². The third kappa shape index (κ3) is 2.36. The summed E-state index contributed by atoms with van der Waals surface area (Å²) < 4.78 is 4.44. The molecular formula is C11H9N3O3. The zero-order valence-electron chi connectivity index (χ0n) is 9.01. The molecule has 0 saturated carbocycles. The summed E-state index contributed by atoms with van der Waals surface area (Å²) in [7, 11) is 1.26. The van der Waals surface area contributed by atoms with E-state index >= 15 is 0 Å². The van der Waals surface area contributed by atoms with E-state index in [0.29, 0.717) is 23.4 Å². The van der Waals surface area contributed by atoms with Crippen molar-refractivity contribution in [2.24, 2.45) is 0 Å². The number of hydrogen-bond acceptors (Lipinski definition) is 5. The predicted octanol–water partition coefficient (Wildman–Crippen LogP) is 1.62. The largest absolute Gasteiger partial charge is 0.453 e. The Morgan fingerprint density at radius 1 is 1.29 bits per heavy atom. The van der Waals surface area contributed by atoms with Gasteiger partial charge in [-0.05, 0) is 24.3 Å². The number of pyridine rings is 2. The minimum atomic E-state index is -0.608. The number of carbonyl (C=O) groups is 2. The van der Waals surface area contributed by atoms with E-state index in [1.807, 2.05) is 0 Å². The van der Waals surface area contributed by atoms with E-state index in [1.165, 1.54) is 7.11 Å². The van der Waals surface area contributed by atoms with Crippen molar-refractivity contribution in [2.45, 2.75) is 0 Å². The summed E-state index contributed by atoms with van der Waals surface area (Å²) in [5.41, 5.74) is 0.684. The summed E-state index contributed by atoms with van der Waals surface area (Å²) in [6, 6.07) is 6.71. The molecule has 6 nitrogen and oxygen atoms in total. The van der Waals surface area contributed by atoms with Crippen LogP contribution >= 0.6 is 0 Å². The number of fused-ring (bicyclic) bond motifs is 1. The standard InChI is InChI=1S/C11H9N3O3/c1-17-11(16)14-9-5-3-7-2-4-8(6-15)12-10(7)13-9/h2-6H,1H3,(H,12,13,14,16). The third-order valence-corrected chi connectivity index (χ3v) is 2.11. The molecule has 0 aliphatic heterocycles. The monoisotopic (exact) mass is 231 g/mol. The minimum Gasteiger partial charge on any atom is -0.453 e. The van der Waals surface area contributed by atoms with Gasteiger partial charge in [-0.25, -0.2) is 14.8 Å². The van der Waals surface area contributed by atoms with Crippen LogP contribution in [0.25, 0.3) is 11.0 Å². The summed E-state index contributed by atoms with van der Waals surface area (Å²) in [5, 5.41) is 3.20. The number of anilines is 1. The Morgan fingerprint density at radius 2 is 2.06 bits per heavy atom. The number of nitrogens with zero attached hydrogens (tertiary/aromatic N) is 2. The maximum atomic E-state index is 11.0. The van der Waals surface area contributed by atoms with Gasteiger partial charge in [0.2, 0.25) is 0 Å². The van der Waals surface area contributed by atoms with Crippen LogP contribution in [0, 0.1) is 0 Å². The van der Waals surface area contributed by atoms with Crippen molar-refractivity contribution < 1.29 is 14.3 Å². The highest BCUT2D eigenvalue weighted by molar-refractivity contribution is 5.86. The molecule has 1 N–H and O–H groups in total. The van der Waals surface area contributed by atoms with Gasteiger partial charge in [0.1, 0.15) is 11.5 Å². The Bertz CT molecular complexity index is 583. The summed E-state index contributed by atoms with van der Waals surface area (Å²) in [6.45, 7) is 0. The quantitative estimate of drug-likeness (QED) is 0.794. The van der Waals surface area contributed by atoms with Crippen LogP contribution in [0.5, 0.6) is 0 Å². The molecule has 0 aliphatic rings. The second-order valence-electron chi connectivity index (χ2n) is 3.21. The van der Waals surface area contributed by atoms with Gasteiger partial charge in [-0.15, -0.1) is 0 Å². The van der Waals surface area contributed by atoms with Gasteiger partial charge in [0, 0.05) is 5.39 Å². The molecule has 2 aromatic heterocycles. The van der Waals surface area contributed by atoms with Crippen molar-refractivity contribution in [2.75, 3.05) is 12.4 Å². The fourth-order valence-electron chi connectivity index (χ4n) is 1.30. The molecule has 0 saturated heterocycles. The molecule has 0 bridgehead atoms. The van der Waals surface area contributed by atoms with E-state index in [-0.39, 0.29) is 0 Å². The SMILES string of the molecule is COC(=O)Nc1ccc2ccc(C=O)nc2n1. The molecule has 0 aliphatic carbocycles. The number of aromatic nitrogens is 2. The molecule has 17 heavy (non-hydrogen) atoms. The predicted molar refractivity (Wildman–Crippen MR) is 61.0 cm³/mol. The molecule has 2 rings (SSSR count). The van der Waals surface area contributed by atoms with Crippen LogP contribution < -0.4 is 5.32 Å². The van der Waals surface area contributed by atoms with Crippen LogP contribution in [0.1, 0.15) is 10.5 Å². The highest BCUT2D eigenvalue weighted by Gasteiger charge is 2.04. The molecule has 0 radical (unpaired) electrons. The number of methoxy groups -OCH3 is 1. The van der Waals surface area contributed by atoms with Crippen molar-refractivity contribution in [3.8, 4) is 0 Å². The van der Waals surface area contributed by atoms with Crippen molar-refractivity contribution in [1.82, 2.24) is 9.97 Å². The van der Waals surface area contributed by atoms with Crippen LogP contribution in [0.15, 0.2) is 24.3 Å². The lowest BCUT2D eigenvalue weighted by Gasteiger charge is -2.03. The normalized spacial score (nSPS) is 9.94. The van der Waals surface area contributed by atoms with Gasteiger partial charge in [0.05, 0.1) is 7.11 Å². The van der Waals surface area contributed by atoms with Crippen LogP contribution in [-0.2, 0) is 4.74 Å². The minimum absolute atomic E-state index is 0.292. The fraction of sp³-hybridized carbons (Fsp3) is 0.0909. The number of rotatable bonds is 2. The topological polar surface area (TPSA) is 81.2 Å². The van der Waals surface area contributed by atoms with Crippen molar-refractivity contribution in [3.05, 3.63) is 30.0 Å². The van der Waals surface area contributed by atoms with Crippen molar-refractivity contribution in [3.63, 3.8) is 0 Å². The number of aldehydes is 1. The van der Waals surface area contributed by atoms with Gasteiger partial charge < -0.3 is 4.74 Å². The first-order valence-corrected chi connectivity index (χ1v) is 4.81. The van der Waals surface area contributed by atoms with Gasteiger partial charge in [0.15, 0.2) is 11.9 Å². The summed E-state index contributed by atoms with van der Waals surface area (Å²) in [6.07, 6.45) is 0.0324. The van der Waals surface area contributed by atoms with E-state index in [4.69, 9.17) is 0 Å². The average Bonchev–Trinajstić information content (AvgIpc) is 2.37. The first-order chi connectivity index (χ1) is 8.22. The average molecular weight is 231 g/mol. The van der Waals surface area contributed by atoms with Crippen LogP contribution in [0.4, 0.5) is 10.6 Å². The second-order valence-corrected chi connectivity index (χ2v) is 3.21. The Labute approximate surface area is 96.6 Å². The van der Waals surface area contributed by atoms with E-state index in [0.717, 1.165) is 5.39 Å². The highest BCUT2D eigenvalue weighted by atomic mass is 16.5. The molecule has 6 heteroatoms. The van der Waals surface area contributed by atoms with Crippen LogP contribution in [0.2, 0.25) is 0 Å². The summed E-state index contributed by atoms with van der Waals surface area (Å²) >= 11 is 0. The van der Waals surface area contributed by atoms with Gasteiger partial charge in [-0.1, -0.05) is 0 Å². The Kier molecular flexibility index (Phi) is 2.95. The zero-order valence-corrected chi connectivity index (χ0v) is 9.01. The zero-order chi connectivity index (χ0) is 12.3. The number of ether oxygens (including phenoxy) is 1. The van der Waals surface area contributed by atoms with Crippen LogP contribution in [0.3, 0.4) is 0 Å². The molecule has 0 spiro atoms. The van der Waals surface area contributed by atoms with E-state index in [9.17, 15) is 9.59 Å². The lowest BCUT2D eigenvalue weighted by molar-refractivity contribution is 0.111. The number of carbonyl (C=O) groups excluding carboxylic acids is 2. The number of nitrogens with one attached hydrogen (secondary N) is 1. The molecule has 0 fully saturated rings. The van der Waals surface area contributed by atoms with Crippen molar-refractivity contribution in [1.29, 1.82) is 0 Å².